The molecule has 15 heavy (non-hydrogen) atoms. The van der Waals surface area contributed by atoms with E-state index in [-0.39, 0.29) is 0 Å². The van der Waals surface area contributed by atoms with Gasteiger partial charge in [0.15, 0.2) is 0 Å². The molecule has 1 rings (SSSR count). The quantitative estimate of drug-likeness (QED) is 0.495. The molecule has 0 aromatic rings. The van der Waals surface area contributed by atoms with Crippen LogP contribution < -0.4 is 5.32 Å². The van der Waals surface area contributed by atoms with Crippen LogP contribution in [0, 0.1) is 5.41 Å². The van der Waals surface area contributed by atoms with Crippen molar-refractivity contribution in [2.45, 2.75) is 64.8 Å². The Labute approximate surface area is 95.3 Å². The number of rotatable bonds is 7. The molecular weight excluding hydrogens is 182 g/mol. The van der Waals surface area contributed by atoms with Gasteiger partial charge in [0.2, 0.25) is 0 Å². The van der Waals surface area contributed by atoms with Crippen LogP contribution in [0.4, 0.5) is 0 Å². The standard InChI is InChI=1S/C14H27N/c1-4-5-6-7-8-12-15-13-10-9-11-14(13,2)3/h4,13,15H,1,5-12H2,2-3H3. The van der Waals surface area contributed by atoms with E-state index in [1.807, 2.05) is 6.08 Å². The summed E-state index contributed by atoms with van der Waals surface area (Å²) >= 11 is 0. The van der Waals surface area contributed by atoms with Gasteiger partial charge in [0.1, 0.15) is 0 Å². The normalized spacial score (nSPS) is 24.3. The van der Waals surface area contributed by atoms with E-state index in [0.717, 1.165) is 6.04 Å². The molecule has 0 spiro atoms. The molecule has 1 heteroatoms. The third-order valence-electron chi connectivity index (χ3n) is 3.73. The summed E-state index contributed by atoms with van der Waals surface area (Å²) in [4.78, 5) is 0. The first-order valence-corrected chi connectivity index (χ1v) is 6.51. The number of hydrogen-bond donors (Lipinski definition) is 1. The van der Waals surface area contributed by atoms with Crippen molar-refractivity contribution in [3.05, 3.63) is 12.7 Å². The highest BCUT2D eigenvalue weighted by Gasteiger charge is 2.33. The van der Waals surface area contributed by atoms with Crippen LogP contribution >= 0.6 is 0 Å². The molecule has 1 fully saturated rings. The second kappa shape index (κ2) is 6.32. The van der Waals surface area contributed by atoms with Crippen molar-refractivity contribution < 1.29 is 0 Å². The Morgan fingerprint density at radius 1 is 1.33 bits per heavy atom. The molecule has 0 amide bonds. The minimum atomic E-state index is 0.529. The average molecular weight is 209 g/mol. The van der Waals surface area contributed by atoms with Crippen molar-refractivity contribution in [3.63, 3.8) is 0 Å². The van der Waals surface area contributed by atoms with Crippen molar-refractivity contribution in [3.8, 4) is 0 Å². The van der Waals surface area contributed by atoms with E-state index in [1.165, 1.54) is 51.5 Å². The number of unbranched alkanes of at least 4 members (excludes halogenated alkanes) is 3. The minimum Gasteiger partial charge on any atom is -0.313 e. The Bertz CT molecular complexity index is 184. The van der Waals surface area contributed by atoms with Crippen LogP contribution in [0.5, 0.6) is 0 Å². The van der Waals surface area contributed by atoms with Gasteiger partial charge >= 0.3 is 0 Å². The Morgan fingerprint density at radius 3 is 2.73 bits per heavy atom. The minimum absolute atomic E-state index is 0.529. The second-order valence-electron chi connectivity index (χ2n) is 5.53. The zero-order valence-corrected chi connectivity index (χ0v) is 10.5. The largest absolute Gasteiger partial charge is 0.313 e. The SMILES string of the molecule is C=CCCCCCNC1CCCC1(C)C. The molecule has 1 nitrogen and oxygen atoms in total. The first-order valence-electron chi connectivity index (χ1n) is 6.51. The summed E-state index contributed by atoms with van der Waals surface area (Å²) in [7, 11) is 0. The van der Waals surface area contributed by atoms with E-state index in [2.05, 4.69) is 25.7 Å². The lowest BCUT2D eigenvalue weighted by molar-refractivity contribution is 0.283. The molecule has 1 aliphatic rings. The van der Waals surface area contributed by atoms with Gasteiger partial charge in [-0.25, -0.2) is 0 Å². The molecule has 0 aromatic carbocycles. The molecule has 0 saturated heterocycles. The summed E-state index contributed by atoms with van der Waals surface area (Å²) in [5.41, 5.74) is 0.529. The molecule has 1 saturated carbocycles. The van der Waals surface area contributed by atoms with E-state index >= 15 is 0 Å². The highest BCUT2D eigenvalue weighted by atomic mass is 14.9. The lowest BCUT2D eigenvalue weighted by Crippen LogP contribution is -2.38. The van der Waals surface area contributed by atoms with Gasteiger partial charge in [-0.05, 0) is 44.1 Å². The summed E-state index contributed by atoms with van der Waals surface area (Å²) < 4.78 is 0. The summed E-state index contributed by atoms with van der Waals surface area (Å²) in [5.74, 6) is 0. The molecule has 0 bridgehead atoms. The van der Waals surface area contributed by atoms with Crippen LogP contribution in [0.15, 0.2) is 12.7 Å². The van der Waals surface area contributed by atoms with Crippen LogP contribution in [0.3, 0.4) is 0 Å². The highest BCUT2D eigenvalue weighted by Crippen LogP contribution is 2.37. The number of nitrogens with one attached hydrogen (secondary N) is 1. The first-order chi connectivity index (χ1) is 7.17. The third-order valence-corrected chi connectivity index (χ3v) is 3.73. The molecule has 1 N–H and O–H groups in total. The average Bonchev–Trinajstić information content (AvgIpc) is 2.52. The number of allylic oxidation sites excluding steroid dienone is 1. The molecule has 1 atom stereocenters. The Hall–Kier alpha value is -0.300. The second-order valence-corrected chi connectivity index (χ2v) is 5.53. The summed E-state index contributed by atoms with van der Waals surface area (Å²) in [6.45, 7) is 9.74. The summed E-state index contributed by atoms with van der Waals surface area (Å²) in [6.07, 6.45) is 11.3. The van der Waals surface area contributed by atoms with Gasteiger partial charge in [0, 0.05) is 6.04 Å². The molecule has 1 unspecified atom stereocenters. The monoisotopic (exact) mass is 209 g/mol. The zero-order valence-electron chi connectivity index (χ0n) is 10.5. The maximum Gasteiger partial charge on any atom is 0.0118 e. The van der Waals surface area contributed by atoms with Crippen molar-refractivity contribution >= 4 is 0 Å². The van der Waals surface area contributed by atoms with E-state index in [1.54, 1.807) is 0 Å². The third kappa shape index (κ3) is 4.38. The van der Waals surface area contributed by atoms with E-state index in [9.17, 15) is 0 Å². The fourth-order valence-corrected chi connectivity index (χ4v) is 2.57. The van der Waals surface area contributed by atoms with Gasteiger partial charge in [-0.15, -0.1) is 6.58 Å². The van der Waals surface area contributed by atoms with Crippen LogP contribution in [0.1, 0.15) is 58.8 Å². The van der Waals surface area contributed by atoms with Crippen molar-refractivity contribution in [1.29, 1.82) is 0 Å². The molecule has 0 heterocycles. The lowest BCUT2D eigenvalue weighted by atomic mass is 9.87. The molecule has 0 radical (unpaired) electrons. The Morgan fingerprint density at radius 2 is 2.13 bits per heavy atom. The number of hydrogen-bond acceptors (Lipinski definition) is 1. The zero-order chi connectivity index (χ0) is 11.1. The van der Waals surface area contributed by atoms with Gasteiger partial charge in [0.25, 0.3) is 0 Å². The molecule has 1 aliphatic carbocycles. The highest BCUT2D eigenvalue weighted by molar-refractivity contribution is 4.89. The molecular formula is C14H27N. The lowest BCUT2D eigenvalue weighted by Gasteiger charge is -2.28. The Balaban J connectivity index is 2.02. The fourth-order valence-electron chi connectivity index (χ4n) is 2.57. The summed E-state index contributed by atoms with van der Waals surface area (Å²) in [5, 5.41) is 3.72. The Kier molecular flexibility index (Phi) is 5.38. The van der Waals surface area contributed by atoms with Gasteiger partial charge in [-0.2, -0.15) is 0 Å². The van der Waals surface area contributed by atoms with E-state index in [0.29, 0.717) is 5.41 Å². The maximum absolute atomic E-state index is 3.74. The smallest absolute Gasteiger partial charge is 0.0118 e. The fraction of sp³-hybridized carbons (Fsp3) is 0.857. The first kappa shape index (κ1) is 12.8. The van der Waals surface area contributed by atoms with Crippen molar-refractivity contribution in [1.82, 2.24) is 5.32 Å². The topological polar surface area (TPSA) is 12.0 Å². The molecule has 88 valence electrons. The van der Waals surface area contributed by atoms with Crippen LogP contribution in [0.25, 0.3) is 0 Å². The van der Waals surface area contributed by atoms with Crippen LogP contribution in [-0.2, 0) is 0 Å². The summed E-state index contributed by atoms with van der Waals surface area (Å²) in [6, 6.07) is 0.761. The van der Waals surface area contributed by atoms with Gasteiger partial charge in [0.05, 0.1) is 0 Å². The molecule has 0 aliphatic heterocycles. The van der Waals surface area contributed by atoms with Crippen LogP contribution in [0.2, 0.25) is 0 Å². The van der Waals surface area contributed by atoms with E-state index in [4.69, 9.17) is 0 Å². The van der Waals surface area contributed by atoms with Crippen molar-refractivity contribution in [2.75, 3.05) is 6.54 Å². The predicted molar refractivity (Wildman–Crippen MR) is 68.1 cm³/mol. The van der Waals surface area contributed by atoms with Gasteiger partial charge in [-0.3, -0.25) is 0 Å². The van der Waals surface area contributed by atoms with Gasteiger partial charge < -0.3 is 5.32 Å². The van der Waals surface area contributed by atoms with Crippen molar-refractivity contribution in [2.24, 2.45) is 5.41 Å². The van der Waals surface area contributed by atoms with E-state index < -0.39 is 0 Å². The van der Waals surface area contributed by atoms with Gasteiger partial charge in [-0.1, -0.05) is 32.8 Å². The van der Waals surface area contributed by atoms with Crippen LogP contribution in [-0.4, -0.2) is 12.6 Å². The maximum atomic E-state index is 3.74. The predicted octanol–water partition coefficient (Wildman–Crippen LogP) is 3.90. The molecule has 0 aromatic heterocycles.